The maximum Gasteiger partial charge on any atom is 0.261 e. The molecule has 0 saturated carbocycles. The number of benzene rings is 3. The van der Waals surface area contributed by atoms with Crippen LogP contribution in [0, 0.1) is 5.82 Å². The van der Waals surface area contributed by atoms with E-state index in [1.807, 2.05) is 0 Å². The minimum atomic E-state index is -3.79. The highest BCUT2D eigenvalue weighted by molar-refractivity contribution is 7.92. The van der Waals surface area contributed by atoms with Gasteiger partial charge in [-0.15, -0.1) is 0 Å². The van der Waals surface area contributed by atoms with Crippen LogP contribution in [-0.4, -0.2) is 26.5 Å². The number of carbonyl (C=O) groups is 1. The number of methoxy groups -OCH3 is 1. The van der Waals surface area contributed by atoms with Crippen LogP contribution >= 0.6 is 12.2 Å². The van der Waals surface area contributed by atoms with Gasteiger partial charge in [0.1, 0.15) is 11.6 Å². The van der Waals surface area contributed by atoms with Crippen molar-refractivity contribution in [3.05, 3.63) is 90.3 Å². The fraction of sp³-hybridized carbons (Fsp3) is 0.0435. The van der Waals surface area contributed by atoms with Gasteiger partial charge in [-0.1, -0.05) is 12.1 Å². The number of carbonyl (C=O) groups excluding carboxylic acids is 1. The van der Waals surface area contributed by atoms with Gasteiger partial charge in [0, 0.05) is 17.5 Å². The summed E-state index contributed by atoms with van der Waals surface area (Å²) in [5.41, 5.74) is 1.55. The lowest BCUT2D eigenvalue weighted by atomic mass is 10.2. The van der Waals surface area contributed by atoms with Crippen molar-refractivity contribution in [3.8, 4) is 5.75 Å². The van der Waals surface area contributed by atoms with Gasteiger partial charge in [-0.2, -0.15) is 0 Å². The Bertz CT molecular complexity index is 1260. The first kappa shape index (κ1) is 23.9. The Morgan fingerprint density at radius 1 is 0.939 bits per heavy atom. The molecule has 0 aliphatic rings. The molecule has 3 aromatic carbocycles. The average molecular weight is 486 g/mol. The highest BCUT2D eigenvalue weighted by Crippen LogP contribution is 2.20. The molecule has 7 nitrogen and oxygen atoms in total. The molecule has 0 spiro atoms. The molecule has 10 heteroatoms. The first-order valence-corrected chi connectivity index (χ1v) is 11.5. The summed E-state index contributed by atoms with van der Waals surface area (Å²) < 4.78 is 45.6. The van der Waals surface area contributed by atoms with Crippen molar-refractivity contribution >= 4 is 50.7 Å². The van der Waals surface area contributed by atoms with E-state index in [0.29, 0.717) is 22.7 Å². The Balaban J connectivity index is 1.56. The summed E-state index contributed by atoms with van der Waals surface area (Å²) in [5, 5.41) is 5.32. The number of sulfonamides is 1. The molecule has 0 heterocycles. The minimum absolute atomic E-state index is 0.0377. The molecule has 3 N–H and O–H groups in total. The van der Waals surface area contributed by atoms with E-state index < -0.39 is 15.9 Å². The second-order valence-corrected chi connectivity index (χ2v) is 8.78. The standard InChI is InChI=1S/C23H20FN3O4S2/c1-31-20-11-7-19(8-12-20)27-33(29,30)21-13-9-18(10-14-21)25-23(32)26-22(28)15-4-16-2-5-17(24)6-3-16/h2-15,27H,1H3,(H2,25,26,28,32). The lowest BCUT2D eigenvalue weighted by Gasteiger charge is -2.11. The Kier molecular flexibility index (Phi) is 7.75. The normalized spacial score (nSPS) is 11.1. The molecule has 0 aliphatic heterocycles. The van der Waals surface area contributed by atoms with Gasteiger partial charge in [0.15, 0.2) is 5.11 Å². The second-order valence-electron chi connectivity index (χ2n) is 6.69. The van der Waals surface area contributed by atoms with E-state index in [2.05, 4.69) is 15.4 Å². The van der Waals surface area contributed by atoms with Crippen molar-refractivity contribution in [3.63, 3.8) is 0 Å². The fourth-order valence-electron chi connectivity index (χ4n) is 2.65. The Hall–Kier alpha value is -3.76. The monoisotopic (exact) mass is 485 g/mol. The predicted molar refractivity (Wildman–Crippen MR) is 130 cm³/mol. The fourth-order valence-corrected chi connectivity index (χ4v) is 3.93. The third-order valence-corrected chi connectivity index (χ3v) is 5.90. The molecule has 170 valence electrons. The predicted octanol–water partition coefficient (Wildman–Crippen LogP) is 4.16. The van der Waals surface area contributed by atoms with Crippen molar-refractivity contribution in [2.75, 3.05) is 17.1 Å². The van der Waals surface area contributed by atoms with Gasteiger partial charge in [-0.05, 0) is 84.5 Å². The molecule has 3 aromatic rings. The quantitative estimate of drug-likeness (QED) is 0.344. The van der Waals surface area contributed by atoms with Crippen LogP contribution in [0.3, 0.4) is 0 Å². The van der Waals surface area contributed by atoms with E-state index >= 15 is 0 Å². The first-order valence-electron chi connectivity index (χ1n) is 9.58. The number of anilines is 2. The zero-order valence-corrected chi connectivity index (χ0v) is 19.0. The largest absolute Gasteiger partial charge is 0.497 e. The highest BCUT2D eigenvalue weighted by atomic mass is 32.2. The molecule has 0 fully saturated rings. The summed E-state index contributed by atoms with van der Waals surface area (Å²) in [6, 6.07) is 18.0. The van der Waals surface area contributed by atoms with Gasteiger partial charge < -0.3 is 10.1 Å². The zero-order chi connectivity index (χ0) is 23.8. The number of halogens is 1. The van der Waals surface area contributed by atoms with E-state index in [9.17, 15) is 17.6 Å². The van der Waals surface area contributed by atoms with E-state index in [-0.39, 0.29) is 15.8 Å². The van der Waals surface area contributed by atoms with Crippen LogP contribution in [0.25, 0.3) is 6.08 Å². The molecular formula is C23H20FN3O4S2. The van der Waals surface area contributed by atoms with Gasteiger partial charge >= 0.3 is 0 Å². The molecule has 0 bridgehead atoms. The number of hydrogen-bond donors (Lipinski definition) is 3. The third-order valence-electron chi connectivity index (χ3n) is 4.30. The molecule has 0 unspecified atom stereocenters. The number of thiocarbonyl (C=S) groups is 1. The average Bonchev–Trinajstić information content (AvgIpc) is 2.79. The zero-order valence-electron chi connectivity index (χ0n) is 17.4. The second kappa shape index (κ2) is 10.7. The van der Waals surface area contributed by atoms with Gasteiger partial charge in [-0.3, -0.25) is 14.8 Å². The maximum absolute atomic E-state index is 12.9. The van der Waals surface area contributed by atoms with Crippen LogP contribution in [0.2, 0.25) is 0 Å². The summed E-state index contributed by atoms with van der Waals surface area (Å²) in [4.78, 5) is 12.0. The molecule has 0 aromatic heterocycles. The summed E-state index contributed by atoms with van der Waals surface area (Å²) in [6.07, 6.45) is 2.79. The summed E-state index contributed by atoms with van der Waals surface area (Å²) >= 11 is 5.11. The van der Waals surface area contributed by atoms with Crippen LogP contribution < -0.4 is 20.1 Å². The summed E-state index contributed by atoms with van der Waals surface area (Å²) in [7, 11) is -2.26. The topological polar surface area (TPSA) is 96.5 Å². The van der Waals surface area contributed by atoms with Crippen molar-refractivity contribution in [1.82, 2.24) is 5.32 Å². The van der Waals surface area contributed by atoms with E-state index in [1.54, 1.807) is 24.3 Å². The molecule has 0 atom stereocenters. The van der Waals surface area contributed by atoms with Gasteiger partial charge in [0.2, 0.25) is 5.91 Å². The van der Waals surface area contributed by atoms with Crippen LogP contribution in [0.4, 0.5) is 15.8 Å². The Morgan fingerprint density at radius 3 is 2.15 bits per heavy atom. The minimum Gasteiger partial charge on any atom is -0.497 e. The van der Waals surface area contributed by atoms with Crippen molar-refractivity contribution in [2.24, 2.45) is 0 Å². The smallest absolute Gasteiger partial charge is 0.261 e. The van der Waals surface area contributed by atoms with Crippen molar-refractivity contribution in [1.29, 1.82) is 0 Å². The Morgan fingerprint density at radius 2 is 1.55 bits per heavy atom. The number of hydrogen-bond acceptors (Lipinski definition) is 5. The number of amides is 1. The summed E-state index contributed by atoms with van der Waals surface area (Å²) in [6.45, 7) is 0. The number of nitrogens with one attached hydrogen (secondary N) is 3. The molecular weight excluding hydrogens is 465 g/mol. The lowest BCUT2D eigenvalue weighted by Crippen LogP contribution is -2.32. The van der Waals surface area contributed by atoms with Crippen LogP contribution in [0.5, 0.6) is 5.75 Å². The first-order chi connectivity index (χ1) is 15.7. The maximum atomic E-state index is 12.9. The van der Waals surface area contributed by atoms with Crippen LogP contribution in [-0.2, 0) is 14.8 Å². The van der Waals surface area contributed by atoms with Crippen LogP contribution in [0.1, 0.15) is 5.56 Å². The third kappa shape index (κ3) is 7.13. The molecule has 0 aliphatic carbocycles. The van der Waals surface area contributed by atoms with Crippen molar-refractivity contribution in [2.45, 2.75) is 4.90 Å². The highest BCUT2D eigenvalue weighted by Gasteiger charge is 2.14. The van der Waals surface area contributed by atoms with Crippen LogP contribution in [0.15, 0.2) is 83.8 Å². The van der Waals surface area contributed by atoms with E-state index in [0.717, 1.165) is 0 Å². The molecule has 0 radical (unpaired) electrons. The van der Waals surface area contributed by atoms with E-state index in [1.165, 1.54) is 67.8 Å². The molecule has 3 rings (SSSR count). The van der Waals surface area contributed by atoms with Crippen molar-refractivity contribution < 1.29 is 22.3 Å². The number of rotatable bonds is 7. The molecule has 33 heavy (non-hydrogen) atoms. The molecule has 0 saturated heterocycles. The Labute approximate surface area is 196 Å². The van der Waals surface area contributed by atoms with Gasteiger partial charge in [0.25, 0.3) is 10.0 Å². The SMILES string of the molecule is COc1ccc(NS(=O)(=O)c2ccc(NC(=S)NC(=O)C=Cc3ccc(F)cc3)cc2)cc1. The van der Waals surface area contributed by atoms with Gasteiger partial charge in [-0.25, -0.2) is 12.8 Å². The summed E-state index contributed by atoms with van der Waals surface area (Å²) in [5.74, 6) is -0.223. The molecule has 1 amide bonds. The number of ether oxygens (including phenoxy) is 1. The van der Waals surface area contributed by atoms with E-state index in [4.69, 9.17) is 17.0 Å². The lowest BCUT2D eigenvalue weighted by molar-refractivity contribution is -0.115. The van der Waals surface area contributed by atoms with Gasteiger partial charge in [0.05, 0.1) is 12.0 Å².